The van der Waals surface area contributed by atoms with Crippen molar-refractivity contribution in [3.05, 3.63) is 29.8 Å². The van der Waals surface area contributed by atoms with Crippen LogP contribution in [0.4, 0.5) is 4.79 Å². The van der Waals surface area contributed by atoms with E-state index in [1.54, 1.807) is 12.1 Å². The van der Waals surface area contributed by atoms with Crippen molar-refractivity contribution < 1.29 is 32.8 Å². The monoisotopic (exact) mass is 360 g/mol. The third-order valence-corrected chi connectivity index (χ3v) is 7.26. The number of aliphatic carboxylic acids is 1. The molecule has 9 heteroatoms. The maximum Gasteiger partial charge on any atom is 0.523 e. The van der Waals surface area contributed by atoms with Crippen LogP contribution < -0.4 is 0 Å². The molecule has 0 amide bonds. The number of carbonyl (C=O) groups is 2. The molecular weight excluding hydrogens is 344 g/mol. The highest BCUT2D eigenvalue weighted by atomic mass is 32.2. The van der Waals surface area contributed by atoms with Crippen molar-refractivity contribution in [2.24, 2.45) is 5.92 Å². The van der Waals surface area contributed by atoms with Crippen molar-refractivity contribution in [2.75, 3.05) is 0 Å². The van der Waals surface area contributed by atoms with E-state index in [4.69, 9.17) is 10.2 Å². The van der Waals surface area contributed by atoms with Gasteiger partial charge in [0, 0.05) is 6.42 Å². The Bertz CT molecular complexity index is 711. The summed E-state index contributed by atoms with van der Waals surface area (Å²) < 4.78 is 31.2. The largest absolute Gasteiger partial charge is 0.744 e. The first-order valence-electron chi connectivity index (χ1n) is 6.83. The second-order valence-electron chi connectivity index (χ2n) is 5.43. The van der Waals surface area contributed by atoms with Crippen molar-refractivity contribution in [3.63, 3.8) is 0 Å². The Morgan fingerprint density at radius 3 is 2.13 bits per heavy atom. The van der Waals surface area contributed by atoms with Crippen molar-refractivity contribution in [3.8, 4) is 0 Å². The number of hydrogen-bond acceptors (Lipinski definition) is 5. The molecule has 1 aliphatic heterocycles. The number of benzene rings is 1. The van der Waals surface area contributed by atoms with E-state index in [9.17, 15) is 22.6 Å². The molecule has 126 valence electrons. The van der Waals surface area contributed by atoms with E-state index >= 15 is 0 Å². The highest BCUT2D eigenvalue weighted by Gasteiger charge is 2.76. The van der Waals surface area contributed by atoms with Gasteiger partial charge >= 0.3 is 11.3 Å². The number of carboxylic acids is 1. The molecule has 1 saturated carbocycles. The lowest BCUT2D eigenvalue weighted by molar-refractivity contribution is -0.141. The van der Waals surface area contributed by atoms with E-state index in [-0.39, 0.29) is 21.3 Å². The Morgan fingerprint density at radius 2 is 1.74 bits per heavy atom. The molecule has 3 rings (SSSR count). The average Bonchev–Trinajstić information content (AvgIpc) is 2.99. The molecule has 0 aromatic heterocycles. The first-order chi connectivity index (χ1) is 10.6. The van der Waals surface area contributed by atoms with Gasteiger partial charge in [-0.15, -0.1) is 0 Å². The molecule has 1 aromatic carbocycles. The summed E-state index contributed by atoms with van der Waals surface area (Å²) in [7, 11) is -4.90. The van der Waals surface area contributed by atoms with Gasteiger partial charge in [0.2, 0.25) is 0 Å². The van der Waals surface area contributed by atoms with Crippen LogP contribution >= 0.6 is 0 Å². The fourth-order valence-electron chi connectivity index (χ4n) is 2.72. The van der Waals surface area contributed by atoms with Crippen LogP contribution in [0.15, 0.2) is 29.2 Å². The van der Waals surface area contributed by atoms with Crippen molar-refractivity contribution in [1.82, 2.24) is 0 Å². The molecule has 2 fully saturated rings. The average molecular weight is 360 g/mol. The first kappa shape index (κ1) is 17.8. The lowest BCUT2D eigenvalue weighted by Gasteiger charge is -2.05. The molecule has 23 heavy (non-hydrogen) atoms. The highest BCUT2D eigenvalue weighted by molar-refractivity contribution is 8.17. The number of carboxylic acid groups (broad SMARTS) is 2. The predicted molar refractivity (Wildman–Crippen MR) is 82.5 cm³/mol. The molecule has 2 aliphatic rings. The lowest BCUT2D eigenvalue weighted by Crippen LogP contribution is -2.19. The normalized spacial score (nSPS) is 28.3. The summed E-state index contributed by atoms with van der Waals surface area (Å²) in [4.78, 5) is 21.0. The fourth-order valence-corrected chi connectivity index (χ4v) is 5.72. The molecule has 0 bridgehead atoms. The van der Waals surface area contributed by atoms with Crippen molar-refractivity contribution in [2.45, 2.75) is 35.2 Å². The maximum atomic E-state index is 10.6. The van der Waals surface area contributed by atoms with Crippen LogP contribution in [0.1, 0.15) is 18.4 Å². The zero-order valence-corrected chi connectivity index (χ0v) is 13.8. The standard InChI is InChI=1S/C7H8O4S.C7H8O3S/c8-6(9)3-1-2-4-5(3)12(4)7(10)11;1-6-2-4-7(5-3-6)11(8,9)10/h3-5H,1-2H2,(H-,8,9,10,11);2-5H,1H3,(H,8,9,10). The van der Waals surface area contributed by atoms with Gasteiger partial charge in [0.15, 0.2) is 10.5 Å². The van der Waals surface area contributed by atoms with Crippen molar-refractivity contribution in [1.29, 1.82) is 0 Å². The summed E-state index contributed by atoms with van der Waals surface area (Å²) in [6, 6.07) is 5.78. The Morgan fingerprint density at radius 1 is 1.17 bits per heavy atom. The van der Waals surface area contributed by atoms with Gasteiger partial charge in [-0.1, -0.05) is 17.7 Å². The SMILES string of the molecule is Cc1ccc(S(=O)(=O)[O-])cc1.O=C(O)C1CCC2C1[S+]2C(=O)O. The molecule has 1 aliphatic carbocycles. The Hall–Kier alpha value is -1.58. The summed E-state index contributed by atoms with van der Waals surface area (Å²) in [6.45, 7) is 1.82. The highest BCUT2D eigenvalue weighted by Crippen LogP contribution is 2.51. The Labute approximate surface area is 136 Å². The van der Waals surface area contributed by atoms with Gasteiger partial charge in [-0.25, -0.2) is 8.42 Å². The van der Waals surface area contributed by atoms with Gasteiger partial charge in [0.05, 0.1) is 4.90 Å². The zero-order valence-electron chi connectivity index (χ0n) is 12.2. The third-order valence-electron chi connectivity index (χ3n) is 3.90. The number of fused-ring (bicyclic) bond motifs is 1. The number of hydrogen-bond donors (Lipinski definition) is 2. The Balaban J connectivity index is 0.000000168. The van der Waals surface area contributed by atoms with Crippen LogP contribution in [-0.2, 0) is 25.8 Å². The summed E-state index contributed by atoms with van der Waals surface area (Å²) in [6.07, 6.45) is 1.46. The summed E-state index contributed by atoms with van der Waals surface area (Å²) in [5.41, 5.74) is 0.928. The minimum atomic E-state index is -4.27. The van der Waals surface area contributed by atoms with E-state index in [1.807, 2.05) is 6.92 Å². The van der Waals surface area contributed by atoms with Crippen molar-refractivity contribution >= 4 is 32.3 Å². The molecular formula is C14H16O7S2. The number of rotatable bonds is 2. The molecule has 7 nitrogen and oxygen atoms in total. The minimum absolute atomic E-state index is 0.0417. The van der Waals surface area contributed by atoms with Crippen LogP contribution in [0.3, 0.4) is 0 Å². The van der Waals surface area contributed by atoms with Crippen LogP contribution in [0.2, 0.25) is 0 Å². The fraction of sp³-hybridized carbons (Fsp3) is 0.429. The van der Waals surface area contributed by atoms with Crippen LogP contribution in [-0.4, -0.2) is 45.0 Å². The molecule has 1 saturated heterocycles. The van der Waals surface area contributed by atoms with Gasteiger partial charge in [-0.3, -0.25) is 4.79 Å². The molecule has 0 radical (unpaired) electrons. The molecule has 0 spiro atoms. The van der Waals surface area contributed by atoms with E-state index < -0.39 is 32.3 Å². The van der Waals surface area contributed by atoms with E-state index in [1.165, 1.54) is 12.1 Å². The first-order valence-corrected chi connectivity index (χ1v) is 9.59. The van der Waals surface area contributed by atoms with Gasteiger partial charge in [0.1, 0.15) is 26.9 Å². The molecule has 4 unspecified atom stereocenters. The maximum absolute atomic E-state index is 10.6. The number of aryl methyl sites for hydroxylation is 1. The zero-order chi connectivity index (χ0) is 17.4. The van der Waals surface area contributed by atoms with Crippen LogP contribution in [0.5, 0.6) is 0 Å². The second-order valence-corrected chi connectivity index (χ2v) is 9.05. The third kappa shape index (κ3) is 4.04. The Kier molecular flexibility index (Phi) is 5.02. The van der Waals surface area contributed by atoms with E-state index in [0.717, 1.165) is 12.0 Å². The topological polar surface area (TPSA) is 132 Å². The molecule has 1 aromatic rings. The molecule has 4 atom stereocenters. The van der Waals surface area contributed by atoms with E-state index in [2.05, 4.69) is 0 Å². The predicted octanol–water partition coefficient (Wildman–Crippen LogP) is 1.43. The quantitative estimate of drug-likeness (QED) is 0.463. The van der Waals surface area contributed by atoms with Crippen LogP contribution in [0.25, 0.3) is 0 Å². The summed E-state index contributed by atoms with van der Waals surface area (Å²) >= 11 is 0. The summed E-state index contributed by atoms with van der Waals surface area (Å²) in [5, 5.41) is 16.7. The molecule has 2 N–H and O–H groups in total. The van der Waals surface area contributed by atoms with E-state index in [0.29, 0.717) is 6.42 Å². The van der Waals surface area contributed by atoms with Gasteiger partial charge in [0.25, 0.3) is 0 Å². The minimum Gasteiger partial charge on any atom is -0.744 e. The van der Waals surface area contributed by atoms with Gasteiger partial charge in [-0.05, 0) is 25.5 Å². The van der Waals surface area contributed by atoms with Crippen LogP contribution in [0, 0.1) is 12.8 Å². The smallest absolute Gasteiger partial charge is 0.523 e. The van der Waals surface area contributed by atoms with Gasteiger partial charge < -0.3 is 14.8 Å². The summed E-state index contributed by atoms with van der Waals surface area (Å²) in [5.74, 6) is -1.20. The second kappa shape index (κ2) is 6.50. The molecule has 1 heterocycles. The lowest BCUT2D eigenvalue weighted by atomic mass is 10.1. The van der Waals surface area contributed by atoms with Gasteiger partial charge in [-0.2, -0.15) is 4.79 Å².